The van der Waals surface area contributed by atoms with Crippen LogP contribution in [-0.2, 0) is 4.79 Å². The van der Waals surface area contributed by atoms with Gasteiger partial charge in [0.2, 0.25) is 0 Å². The summed E-state index contributed by atoms with van der Waals surface area (Å²) in [6, 6.07) is 9.79. The normalized spacial score (nSPS) is 16.2. The summed E-state index contributed by atoms with van der Waals surface area (Å²) >= 11 is 0. The van der Waals surface area contributed by atoms with Crippen molar-refractivity contribution in [2.45, 2.75) is 12.8 Å². The Hall–Kier alpha value is -1.55. The summed E-state index contributed by atoms with van der Waals surface area (Å²) in [5.41, 5.74) is 0. The Balaban J connectivity index is 1.52. The van der Waals surface area contributed by atoms with Crippen LogP contribution < -0.4 is 4.74 Å². The summed E-state index contributed by atoms with van der Waals surface area (Å²) in [6.45, 7) is 3.53. The van der Waals surface area contributed by atoms with Crippen molar-refractivity contribution in [1.29, 1.82) is 0 Å². The molecule has 0 aliphatic carbocycles. The molecular formula is C14H19NO3. The molecule has 1 N–H and O–H groups in total. The standard InChI is InChI=1S/C14H19NO3/c16-14(17)9-12-10-15(11-12)7-4-8-18-13-5-2-1-3-6-13/h1-3,5-6,12H,4,7-11H2,(H,16,17). The molecule has 98 valence electrons. The minimum absolute atomic E-state index is 0.303. The SMILES string of the molecule is O=C(O)CC1CN(CCCOc2ccccc2)C1. The highest BCUT2D eigenvalue weighted by Crippen LogP contribution is 2.19. The molecular weight excluding hydrogens is 230 g/mol. The molecule has 1 aliphatic heterocycles. The Labute approximate surface area is 107 Å². The average molecular weight is 249 g/mol. The number of carbonyl (C=O) groups is 1. The molecule has 0 unspecified atom stereocenters. The Morgan fingerprint density at radius 2 is 2.06 bits per heavy atom. The third-order valence-corrected chi connectivity index (χ3v) is 3.13. The number of para-hydroxylation sites is 1. The Kier molecular flexibility index (Phi) is 4.59. The third-order valence-electron chi connectivity index (χ3n) is 3.13. The number of hydrogen-bond acceptors (Lipinski definition) is 3. The largest absolute Gasteiger partial charge is 0.494 e. The maximum Gasteiger partial charge on any atom is 0.303 e. The lowest BCUT2D eigenvalue weighted by atomic mass is 9.96. The Bertz CT molecular complexity index is 374. The van der Waals surface area contributed by atoms with Gasteiger partial charge in [-0.2, -0.15) is 0 Å². The number of likely N-dealkylation sites (tertiary alicyclic amines) is 1. The van der Waals surface area contributed by atoms with Crippen molar-refractivity contribution in [1.82, 2.24) is 4.90 Å². The van der Waals surface area contributed by atoms with Crippen LogP contribution in [0.25, 0.3) is 0 Å². The monoisotopic (exact) mass is 249 g/mol. The summed E-state index contributed by atoms with van der Waals surface area (Å²) in [5.74, 6) is 0.564. The van der Waals surface area contributed by atoms with Crippen molar-refractivity contribution >= 4 is 5.97 Å². The van der Waals surface area contributed by atoms with E-state index in [4.69, 9.17) is 9.84 Å². The molecule has 0 radical (unpaired) electrons. The van der Waals surface area contributed by atoms with E-state index in [-0.39, 0.29) is 0 Å². The second-order valence-corrected chi connectivity index (χ2v) is 4.74. The summed E-state index contributed by atoms with van der Waals surface area (Å²) in [6.07, 6.45) is 1.28. The van der Waals surface area contributed by atoms with Gasteiger partial charge in [0.05, 0.1) is 13.0 Å². The molecule has 0 aromatic heterocycles. The molecule has 1 aromatic carbocycles. The number of ether oxygens (including phenoxy) is 1. The number of carboxylic acids is 1. The van der Waals surface area contributed by atoms with Gasteiger partial charge in [-0.15, -0.1) is 0 Å². The summed E-state index contributed by atoms with van der Waals surface area (Å²) in [7, 11) is 0. The molecule has 0 amide bonds. The highest BCUT2D eigenvalue weighted by molar-refractivity contribution is 5.67. The molecule has 2 rings (SSSR count). The number of hydrogen-bond donors (Lipinski definition) is 1. The average Bonchev–Trinajstić information content (AvgIpc) is 2.31. The molecule has 4 nitrogen and oxygen atoms in total. The molecule has 1 saturated heterocycles. The predicted molar refractivity (Wildman–Crippen MR) is 68.7 cm³/mol. The number of rotatable bonds is 7. The fourth-order valence-corrected chi connectivity index (χ4v) is 2.23. The van der Waals surface area contributed by atoms with Gasteiger partial charge in [-0.25, -0.2) is 0 Å². The molecule has 1 aliphatic rings. The van der Waals surface area contributed by atoms with E-state index in [1.807, 2.05) is 30.3 Å². The van der Waals surface area contributed by atoms with Crippen LogP contribution in [-0.4, -0.2) is 42.2 Å². The molecule has 1 aromatic rings. The molecule has 0 bridgehead atoms. The lowest BCUT2D eigenvalue weighted by molar-refractivity contribution is -0.139. The van der Waals surface area contributed by atoms with Crippen molar-refractivity contribution in [3.63, 3.8) is 0 Å². The molecule has 0 atom stereocenters. The second kappa shape index (κ2) is 6.40. The molecule has 18 heavy (non-hydrogen) atoms. The molecule has 0 spiro atoms. The number of nitrogens with zero attached hydrogens (tertiary/aromatic N) is 1. The highest BCUT2D eigenvalue weighted by atomic mass is 16.5. The predicted octanol–water partition coefficient (Wildman–Crippen LogP) is 1.86. The van der Waals surface area contributed by atoms with Crippen LogP contribution in [0.5, 0.6) is 5.75 Å². The summed E-state index contributed by atoms with van der Waals surface area (Å²) in [4.78, 5) is 12.8. The quantitative estimate of drug-likeness (QED) is 0.749. The van der Waals surface area contributed by atoms with Gasteiger partial charge in [0.1, 0.15) is 5.75 Å². The highest BCUT2D eigenvalue weighted by Gasteiger charge is 2.27. The number of carboxylic acid groups (broad SMARTS) is 1. The van der Waals surface area contributed by atoms with Gasteiger partial charge >= 0.3 is 5.97 Å². The minimum atomic E-state index is -0.688. The van der Waals surface area contributed by atoms with E-state index in [0.717, 1.165) is 31.8 Å². The zero-order valence-electron chi connectivity index (χ0n) is 10.4. The fraction of sp³-hybridized carbons (Fsp3) is 0.500. The zero-order valence-corrected chi connectivity index (χ0v) is 10.4. The van der Waals surface area contributed by atoms with Crippen molar-refractivity contribution in [2.24, 2.45) is 5.92 Å². The first kappa shape index (κ1) is 12.9. The van der Waals surface area contributed by atoms with Gasteiger partial charge in [-0.05, 0) is 24.5 Å². The van der Waals surface area contributed by atoms with E-state index in [1.54, 1.807) is 0 Å². The molecule has 4 heteroatoms. The van der Waals surface area contributed by atoms with Crippen molar-refractivity contribution < 1.29 is 14.6 Å². The fourth-order valence-electron chi connectivity index (χ4n) is 2.23. The van der Waals surface area contributed by atoms with Gasteiger partial charge < -0.3 is 14.7 Å². The number of aliphatic carboxylic acids is 1. The van der Waals surface area contributed by atoms with Gasteiger partial charge in [0.25, 0.3) is 0 Å². The van der Waals surface area contributed by atoms with Crippen LogP contribution in [0, 0.1) is 5.92 Å². The smallest absolute Gasteiger partial charge is 0.303 e. The van der Waals surface area contributed by atoms with E-state index in [9.17, 15) is 4.79 Å². The van der Waals surface area contributed by atoms with Crippen molar-refractivity contribution in [3.8, 4) is 5.75 Å². The van der Waals surface area contributed by atoms with Gasteiger partial charge in [0, 0.05) is 19.6 Å². The first-order valence-electron chi connectivity index (χ1n) is 6.36. The maximum atomic E-state index is 10.5. The van der Waals surface area contributed by atoms with Crippen LogP contribution in [0.4, 0.5) is 0 Å². The minimum Gasteiger partial charge on any atom is -0.494 e. The molecule has 1 fully saturated rings. The van der Waals surface area contributed by atoms with E-state index < -0.39 is 5.97 Å². The maximum absolute atomic E-state index is 10.5. The van der Waals surface area contributed by atoms with Crippen LogP contribution >= 0.6 is 0 Å². The van der Waals surface area contributed by atoms with Gasteiger partial charge in [-0.1, -0.05) is 18.2 Å². The van der Waals surface area contributed by atoms with Crippen LogP contribution in [0.3, 0.4) is 0 Å². The lowest BCUT2D eigenvalue weighted by Gasteiger charge is -2.38. The second-order valence-electron chi connectivity index (χ2n) is 4.74. The van der Waals surface area contributed by atoms with Crippen LogP contribution in [0.15, 0.2) is 30.3 Å². The van der Waals surface area contributed by atoms with E-state index >= 15 is 0 Å². The van der Waals surface area contributed by atoms with Crippen LogP contribution in [0.1, 0.15) is 12.8 Å². The van der Waals surface area contributed by atoms with Crippen LogP contribution in [0.2, 0.25) is 0 Å². The number of benzene rings is 1. The van der Waals surface area contributed by atoms with Crippen molar-refractivity contribution in [3.05, 3.63) is 30.3 Å². The lowest BCUT2D eigenvalue weighted by Crippen LogP contribution is -2.47. The topological polar surface area (TPSA) is 49.8 Å². The summed E-state index contributed by atoms with van der Waals surface area (Å²) in [5, 5.41) is 8.64. The zero-order chi connectivity index (χ0) is 12.8. The molecule has 1 heterocycles. The first-order valence-corrected chi connectivity index (χ1v) is 6.36. The summed E-state index contributed by atoms with van der Waals surface area (Å²) < 4.78 is 5.60. The Morgan fingerprint density at radius 1 is 1.33 bits per heavy atom. The van der Waals surface area contributed by atoms with Gasteiger partial charge in [0.15, 0.2) is 0 Å². The first-order chi connectivity index (χ1) is 8.74. The Morgan fingerprint density at radius 3 is 2.72 bits per heavy atom. The van der Waals surface area contributed by atoms with Gasteiger partial charge in [-0.3, -0.25) is 4.79 Å². The van der Waals surface area contributed by atoms with E-state index in [0.29, 0.717) is 18.9 Å². The van der Waals surface area contributed by atoms with E-state index in [1.165, 1.54) is 0 Å². The van der Waals surface area contributed by atoms with Crippen molar-refractivity contribution in [2.75, 3.05) is 26.2 Å². The molecule has 0 saturated carbocycles. The third kappa shape index (κ3) is 4.04. The van der Waals surface area contributed by atoms with E-state index in [2.05, 4.69) is 4.90 Å².